The number of carbonyl (C=O) groups is 1. The molecule has 1 aromatic rings. The van der Waals surface area contributed by atoms with E-state index in [0.29, 0.717) is 25.4 Å². The summed E-state index contributed by atoms with van der Waals surface area (Å²) in [6.07, 6.45) is 2.25. The van der Waals surface area contributed by atoms with Gasteiger partial charge in [0.1, 0.15) is 0 Å². The Morgan fingerprint density at radius 1 is 1.32 bits per heavy atom. The number of piperidine rings is 1. The average molecular weight is 305 g/mol. The van der Waals surface area contributed by atoms with Crippen LogP contribution in [-0.2, 0) is 4.79 Å². The zero-order chi connectivity index (χ0) is 15.8. The SMILES string of the molecule is NC(=O)CCNCC1CCN(C[C@@H](O)c2ccccc2)CC1. The number of nitrogens with zero attached hydrogens (tertiary/aromatic N) is 1. The molecule has 0 aliphatic carbocycles. The first-order chi connectivity index (χ1) is 10.6. The van der Waals surface area contributed by atoms with Crippen molar-refractivity contribution in [1.82, 2.24) is 10.2 Å². The summed E-state index contributed by atoms with van der Waals surface area (Å²) in [6.45, 7) is 4.36. The molecule has 122 valence electrons. The Kier molecular flexibility index (Phi) is 6.83. The summed E-state index contributed by atoms with van der Waals surface area (Å²) in [5.41, 5.74) is 6.10. The largest absolute Gasteiger partial charge is 0.387 e. The van der Waals surface area contributed by atoms with Gasteiger partial charge in [-0.2, -0.15) is 0 Å². The molecule has 1 amide bonds. The summed E-state index contributed by atoms with van der Waals surface area (Å²) >= 11 is 0. The zero-order valence-electron chi connectivity index (χ0n) is 13.1. The Morgan fingerprint density at radius 3 is 2.64 bits per heavy atom. The van der Waals surface area contributed by atoms with Gasteiger partial charge in [-0.3, -0.25) is 4.79 Å². The van der Waals surface area contributed by atoms with Gasteiger partial charge in [-0.25, -0.2) is 0 Å². The summed E-state index contributed by atoms with van der Waals surface area (Å²) in [5, 5.41) is 13.6. The monoisotopic (exact) mass is 305 g/mol. The predicted molar refractivity (Wildman–Crippen MR) is 87.2 cm³/mol. The molecule has 4 N–H and O–H groups in total. The molecule has 22 heavy (non-hydrogen) atoms. The van der Waals surface area contributed by atoms with E-state index in [4.69, 9.17) is 5.73 Å². The van der Waals surface area contributed by atoms with Crippen LogP contribution in [0.25, 0.3) is 0 Å². The van der Waals surface area contributed by atoms with Crippen LogP contribution < -0.4 is 11.1 Å². The van der Waals surface area contributed by atoms with Crippen molar-refractivity contribution in [2.24, 2.45) is 11.7 Å². The highest BCUT2D eigenvalue weighted by atomic mass is 16.3. The number of hydrogen-bond acceptors (Lipinski definition) is 4. The maximum absolute atomic E-state index is 10.7. The molecule has 0 radical (unpaired) electrons. The van der Waals surface area contributed by atoms with Crippen LogP contribution >= 0.6 is 0 Å². The van der Waals surface area contributed by atoms with Crippen LogP contribution in [0.1, 0.15) is 30.9 Å². The van der Waals surface area contributed by atoms with Crippen molar-refractivity contribution in [3.05, 3.63) is 35.9 Å². The normalized spacial score (nSPS) is 18.2. The lowest BCUT2D eigenvalue weighted by Crippen LogP contribution is -2.39. The van der Waals surface area contributed by atoms with Crippen LogP contribution in [0.4, 0.5) is 0 Å². The Hall–Kier alpha value is -1.43. The van der Waals surface area contributed by atoms with Gasteiger partial charge in [0.05, 0.1) is 6.10 Å². The third kappa shape index (κ3) is 5.75. The third-order valence-corrected chi connectivity index (χ3v) is 4.30. The fourth-order valence-electron chi connectivity index (χ4n) is 2.92. The van der Waals surface area contributed by atoms with Crippen LogP contribution in [0.3, 0.4) is 0 Å². The van der Waals surface area contributed by atoms with Crippen molar-refractivity contribution < 1.29 is 9.90 Å². The van der Waals surface area contributed by atoms with Gasteiger partial charge in [0.25, 0.3) is 0 Å². The molecule has 0 spiro atoms. The van der Waals surface area contributed by atoms with Crippen LogP contribution in [0.15, 0.2) is 30.3 Å². The molecule has 5 heteroatoms. The van der Waals surface area contributed by atoms with Gasteiger partial charge in [0.2, 0.25) is 5.91 Å². The molecular weight excluding hydrogens is 278 g/mol. The van der Waals surface area contributed by atoms with E-state index in [1.807, 2.05) is 30.3 Å². The maximum atomic E-state index is 10.7. The molecule has 1 aliphatic rings. The number of rotatable bonds is 8. The van der Waals surface area contributed by atoms with E-state index >= 15 is 0 Å². The highest BCUT2D eigenvalue weighted by Crippen LogP contribution is 2.20. The first-order valence-electron chi connectivity index (χ1n) is 8.09. The predicted octanol–water partition coefficient (Wildman–Crippen LogP) is 0.897. The standard InChI is InChI=1S/C17H27N3O2/c18-17(22)6-9-19-12-14-7-10-20(11-8-14)13-16(21)15-4-2-1-3-5-15/h1-5,14,16,19,21H,6-13H2,(H2,18,22)/t16-/m1/s1. The summed E-state index contributed by atoms with van der Waals surface area (Å²) in [6, 6.07) is 9.83. The summed E-state index contributed by atoms with van der Waals surface area (Å²) in [7, 11) is 0. The molecule has 0 saturated carbocycles. The van der Waals surface area contributed by atoms with E-state index in [-0.39, 0.29) is 5.91 Å². The second-order valence-electron chi connectivity index (χ2n) is 6.09. The second kappa shape index (κ2) is 8.88. The summed E-state index contributed by atoms with van der Waals surface area (Å²) in [5.74, 6) is 0.398. The van der Waals surface area contributed by atoms with E-state index in [1.165, 1.54) is 0 Å². The number of amides is 1. The van der Waals surface area contributed by atoms with E-state index in [0.717, 1.165) is 38.0 Å². The highest BCUT2D eigenvalue weighted by molar-refractivity contribution is 5.73. The van der Waals surface area contributed by atoms with E-state index in [2.05, 4.69) is 10.2 Å². The number of aliphatic hydroxyl groups is 1. The van der Waals surface area contributed by atoms with Crippen molar-refractivity contribution in [3.8, 4) is 0 Å². The van der Waals surface area contributed by atoms with Crippen LogP contribution in [0.2, 0.25) is 0 Å². The lowest BCUT2D eigenvalue weighted by molar-refractivity contribution is -0.117. The van der Waals surface area contributed by atoms with Crippen molar-refractivity contribution in [2.45, 2.75) is 25.4 Å². The van der Waals surface area contributed by atoms with Gasteiger partial charge >= 0.3 is 0 Å². The smallest absolute Gasteiger partial charge is 0.218 e. The molecule has 1 atom stereocenters. The fraction of sp³-hybridized carbons (Fsp3) is 0.588. The van der Waals surface area contributed by atoms with Crippen molar-refractivity contribution in [3.63, 3.8) is 0 Å². The van der Waals surface area contributed by atoms with E-state index < -0.39 is 6.10 Å². The van der Waals surface area contributed by atoms with Crippen LogP contribution in [0.5, 0.6) is 0 Å². The van der Waals surface area contributed by atoms with Gasteiger partial charge in [0, 0.05) is 19.5 Å². The second-order valence-corrected chi connectivity index (χ2v) is 6.09. The molecule has 1 aliphatic heterocycles. The van der Waals surface area contributed by atoms with Gasteiger partial charge < -0.3 is 21.1 Å². The zero-order valence-corrected chi connectivity index (χ0v) is 13.1. The fourth-order valence-corrected chi connectivity index (χ4v) is 2.92. The summed E-state index contributed by atoms with van der Waals surface area (Å²) < 4.78 is 0. The van der Waals surface area contributed by atoms with E-state index in [9.17, 15) is 9.90 Å². The minimum absolute atomic E-state index is 0.253. The number of β-amino-alcohol motifs (C(OH)–C–C–N with tert-alkyl or cyclic N) is 1. The number of likely N-dealkylation sites (tertiary alicyclic amines) is 1. The highest BCUT2D eigenvalue weighted by Gasteiger charge is 2.21. The molecule has 5 nitrogen and oxygen atoms in total. The Bertz CT molecular complexity index is 444. The third-order valence-electron chi connectivity index (χ3n) is 4.30. The lowest BCUT2D eigenvalue weighted by atomic mass is 9.96. The number of benzene rings is 1. The van der Waals surface area contributed by atoms with Crippen LogP contribution in [-0.4, -0.2) is 48.6 Å². The van der Waals surface area contributed by atoms with Gasteiger partial charge in [0.15, 0.2) is 0 Å². The molecule has 0 aromatic heterocycles. The summed E-state index contributed by atoms with van der Waals surface area (Å²) in [4.78, 5) is 13.0. The first kappa shape index (κ1) is 16.9. The van der Waals surface area contributed by atoms with Crippen molar-refractivity contribution in [2.75, 3.05) is 32.7 Å². The van der Waals surface area contributed by atoms with Gasteiger partial charge in [-0.05, 0) is 44.0 Å². The minimum Gasteiger partial charge on any atom is -0.387 e. The quantitative estimate of drug-likeness (QED) is 0.624. The van der Waals surface area contributed by atoms with Crippen LogP contribution in [0, 0.1) is 5.92 Å². The first-order valence-corrected chi connectivity index (χ1v) is 8.09. The van der Waals surface area contributed by atoms with Gasteiger partial charge in [-0.15, -0.1) is 0 Å². The lowest BCUT2D eigenvalue weighted by Gasteiger charge is -2.33. The Labute approximate surface area is 132 Å². The minimum atomic E-state index is -0.411. The Morgan fingerprint density at radius 2 is 2.00 bits per heavy atom. The van der Waals surface area contributed by atoms with E-state index in [1.54, 1.807) is 0 Å². The number of nitrogens with two attached hydrogens (primary N) is 1. The molecule has 0 unspecified atom stereocenters. The molecular formula is C17H27N3O2. The average Bonchev–Trinajstić information content (AvgIpc) is 2.54. The number of hydrogen-bond donors (Lipinski definition) is 3. The van der Waals surface area contributed by atoms with Crippen molar-refractivity contribution >= 4 is 5.91 Å². The molecule has 1 fully saturated rings. The maximum Gasteiger partial charge on any atom is 0.218 e. The number of aliphatic hydroxyl groups excluding tert-OH is 1. The number of nitrogens with one attached hydrogen (secondary N) is 1. The molecule has 1 heterocycles. The number of primary amides is 1. The van der Waals surface area contributed by atoms with Crippen molar-refractivity contribution in [1.29, 1.82) is 0 Å². The molecule has 2 rings (SSSR count). The number of carbonyl (C=O) groups excluding carboxylic acids is 1. The molecule has 1 aromatic carbocycles. The topological polar surface area (TPSA) is 78.6 Å². The van der Waals surface area contributed by atoms with Gasteiger partial charge in [-0.1, -0.05) is 30.3 Å². The Balaban J connectivity index is 1.64. The molecule has 0 bridgehead atoms. The molecule has 1 saturated heterocycles.